The molecule has 1 atom stereocenters. The first-order valence-electron chi connectivity index (χ1n) is 5.96. The Labute approximate surface area is 122 Å². The molecule has 6 heteroatoms. The van der Waals surface area contributed by atoms with Gasteiger partial charge in [-0.15, -0.1) is 12.4 Å². The van der Waals surface area contributed by atoms with Crippen molar-refractivity contribution < 1.29 is 4.79 Å². The second-order valence-electron chi connectivity index (χ2n) is 4.54. The van der Waals surface area contributed by atoms with Crippen LogP contribution in [0.3, 0.4) is 0 Å². The van der Waals surface area contributed by atoms with E-state index >= 15 is 0 Å². The van der Waals surface area contributed by atoms with Gasteiger partial charge in [0.25, 0.3) is 5.91 Å². The number of aromatic nitrogens is 1. The largest absolute Gasteiger partial charge is 0.345 e. The SMILES string of the molecule is Cl.Cn1cc(Br)cc1C(=O)N1CCCCC1CN. The van der Waals surface area contributed by atoms with Crippen molar-refractivity contribution in [1.82, 2.24) is 9.47 Å². The van der Waals surface area contributed by atoms with Gasteiger partial charge in [0.1, 0.15) is 5.69 Å². The Morgan fingerprint density at radius 1 is 1.56 bits per heavy atom. The molecule has 2 rings (SSSR count). The van der Waals surface area contributed by atoms with Gasteiger partial charge in [-0.25, -0.2) is 0 Å². The summed E-state index contributed by atoms with van der Waals surface area (Å²) in [6, 6.07) is 2.06. The highest BCUT2D eigenvalue weighted by atomic mass is 79.9. The summed E-state index contributed by atoms with van der Waals surface area (Å²) < 4.78 is 2.79. The maximum Gasteiger partial charge on any atom is 0.270 e. The van der Waals surface area contributed by atoms with Crippen molar-refractivity contribution in [3.05, 3.63) is 22.4 Å². The van der Waals surface area contributed by atoms with Crippen LogP contribution in [0.15, 0.2) is 16.7 Å². The highest BCUT2D eigenvalue weighted by Crippen LogP contribution is 2.21. The van der Waals surface area contributed by atoms with Crippen molar-refractivity contribution in [3.63, 3.8) is 0 Å². The number of carbonyl (C=O) groups excluding carboxylic acids is 1. The molecular weight excluding hydrogens is 318 g/mol. The van der Waals surface area contributed by atoms with Gasteiger partial charge >= 0.3 is 0 Å². The molecule has 1 aliphatic rings. The molecule has 0 aliphatic carbocycles. The fourth-order valence-electron chi connectivity index (χ4n) is 2.40. The molecule has 1 aromatic heterocycles. The molecule has 1 unspecified atom stereocenters. The highest BCUT2D eigenvalue weighted by molar-refractivity contribution is 9.10. The highest BCUT2D eigenvalue weighted by Gasteiger charge is 2.27. The molecule has 102 valence electrons. The predicted molar refractivity (Wildman–Crippen MR) is 78.1 cm³/mol. The number of halogens is 2. The van der Waals surface area contributed by atoms with Crippen molar-refractivity contribution in [2.45, 2.75) is 25.3 Å². The molecule has 18 heavy (non-hydrogen) atoms. The van der Waals surface area contributed by atoms with E-state index in [0.29, 0.717) is 6.54 Å². The van der Waals surface area contributed by atoms with Gasteiger partial charge in [-0.3, -0.25) is 4.79 Å². The molecule has 0 spiro atoms. The van der Waals surface area contributed by atoms with E-state index < -0.39 is 0 Å². The van der Waals surface area contributed by atoms with Crippen molar-refractivity contribution in [2.24, 2.45) is 12.8 Å². The minimum Gasteiger partial charge on any atom is -0.345 e. The molecule has 1 fully saturated rings. The van der Waals surface area contributed by atoms with E-state index in [1.165, 1.54) is 6.42 Å². The van der Waals surface area contributed by atoms with E-state index in [4.69, 9.17) is 5.73 Å². The van der Waals surface area contributed by atoms with E-state index in [1.807, 2.05) is 28.8 Å². The van der Waals surface area contributed by atoms with E-state index in [1.54, 1.807) is 0 Å². The minimum absolute atomic E-state index is 0. The van der Waals surface area contributed by atoms with Crippen molar-refractivity contribution >= 4 is 34.2 Å². The third-order valence-electron chi connectivity index (χ3n) is 3.35. The molecule has 2 N–H and O–H groups in total. The number of likely N-dealkylation sites (tertiary alicyclic amines) is 1. The summed E-state index contributed by atoms with van der Waals surface area (Å²) in [5.74, 6) is 0.0911. The average Bonchev–Trinajstić information content (AvgIpc) is 2.67. The molecular formula is C12H19BrClN3O. The maximum atomic E-state index is 12.4. The number of rotatable bonds is 2. The standard InChI is InChI=1S/C12H18BrN3O.ClH/c1-15-8-9(13)6-11(15)12(17)16-5-3-2-4-10(16)7-14;/h6,8,10H,2-5,7,14H2,1H3;1H. The smallest absolute Gasteiger partial charge is 0.270 e. The fourth-order valence-corrected chi connectivity index (χ4v) is 2.92. The van der Waals surface area contributed by atoms with Crippen LogP contribution >= 0.6 is 28.3 Å². The summed E-state index contributed by atoms with van der Waals surface area (Å²) >= 11 is 3.39. The number of hydrogen-bond acceptors (Lipinski definition) is 2. The van der Waals surface area contributed by atoms with Crippen LogP contribution < -0.4 is 5.73 Å². The lowest BCUT2D eigenvalue weighted by molar-refractivity contribution is 0.0613. The van der Waals surface area contributed by atoms with E-state index in [2.05, 4.69) is 15.9 Å². The molecule has 1 aliphatic heterocycles. The number of aryl methyl sites for hydroxylation is 1. The summed E-state index contributed by atoms with van der Waals surface area (Å²) in [6.45, 7) is 1.38. The van der Waals surface area contributed by atoms with Crippen LogP contribution in [-0.2, 0) is 7.05 Å². The summed E-state index contributed by atoms with van der Waals surface area (Å²) in [5.41, 5.74) is 6.46. The van der Waals surface area contributed by atoms with Crippen LogP contribution in [0, 0.1) is 0 Å². The molecule has 1 saturated heterocycles. The Bertz CT molecular complexity index is 421. The normalized spacial score (nSPS) is 19.5. The van der Waals surface area contributed by atoms with Crippen molar-refractivity contribution in [2.75, 3.05) is 13.1 Å². The Kier molecular flexibility index (Phi) is 5.69. The van der Waals surface area contributed by atoms with Gasteiger partial charge in [-0.2, -0.15) is 0 Å². The summed E-state index contributed by atoms with van der Waals surface area (Å²) in [6.07, 6.45) is 5.17. The molecule has 2 heterocycles. The summed E-state index contributed by atoms with van der Waals surface area (Å²) in [7, 11) is 1.89. The van der Waals surface area contributed by atoms with Gasteiger partial charge in [0.2, 0.25) is 0 Å². The number of nitrogens with zero attached hydrogens (tertiary/aromatic N) is 2. The first-order chi connectivity index (χ1) is 8.13. The average molecular weight is 337 g/mol. The van der Waals surface area contributed by atoms with Crippen LogP contribution in [-0.4, -0.2) is 34.5 Å². The fraction of sp³-hybridized carbons (Fsp3) is 0.583. The molecule has 1 amide bonds. The zero-order valence-electron chi connectivity index (χ0n) is 10.4. The third-order valence-corrected chi connectivity index (χ3v) is 3.78. The van der Waals surface area contributed by atoms with Crippen LogP contribution in [0.1, 0.15) is 29.8 Å². The van der Waals surface area contributed by atoms with Gasteiger partial charge < -0.3 is 15.2 Å². The van der Waals surface area contributed by atoms with Gasteiger partial charge in [0, 0.05) is 36.8 Å². The number of hydrogen-bond donors (Lipinski definition) is 1. The summed E-state index contributed by atoms with van der Waals surface area (Å²) in [5, 5.41) is 0. The second kappa shape index (κ2) is 6.59. The first kappa shape index (κ1) is 15.5. The van der Waals surface area contributed by atoms with Gasteiger partial charge in [-0.1, -0.05) is 0 Å². The van der Waals surface area contributed by atoms with Crippen LogP contribution in [0.2, 0.25) is 0 Å². The zero-order valence-corrected chi connectivity index (χ0v) is 12.8. The first-order valence-corrected chi connectivity index (χ1v) is 6.75. The number of nitrogens with two attached hydrogens (primary N) is 1. The van der Waals surface area contributed by atoms with Crippen LogP contribution in [0.25, 0.3) is 0 Å². The zero-order chi connectivity index (χ0) is 12.4. The van der Waals surface area contributed by atoms with Crippen molar-refractivity contribution in [1.29, 1.82) is 0 Å². The Hall–Kier alpha value is -0.520. The Morgan fingerprint density at radius 2 is 2.28 bits per heavy atom. The quantitative estimate of drug-likeness (QED) is 0.900. The van der Waals surface area contributed by atoms with E-state index in [9.17, 15) is 4.79 Å². The van der Waals surface area contributed by atoms with Crippen molar-refractivity contribution in [3.8, 4) is 0 Å². The monoisotopic (exact) mass is 335 g/mol. The molecule has 4 nitrogen and oxygen atoms in total. The number of piperidine rings is 1. The topological polar surface area (TPSA) is 51.3 Å². The van der Waals surface area contributed by atoms with Gasteiger partial charge in [0.05, 0.1) is 0 Å². The van der Waals surface area contributed by atoms with Gasteiger partial charge in [0.15, 0.2) is 0 Å². The van der Waals surface area contributed by atoms with Crippen LogP contribution in [0.5, 0.6) is 0 Å². The lowest BCUT2D eigenvalue weighted by atomic mass is 10.0. The Morgan fingerprint density at radius 3 is 2.83 bits per heavy atom. The maximum absolute atomic E-state index is 12.4. The molecule has 0 radical (unpaired) electrons. The number of carbonyl (C=O) groups is 1. The Balaban J connectivity index is 0.00000162. The minimum atomic E-state index is 0. The molecule has 0 bridgehead atoms. The number of amides is 1. The predicted octanol–water partition coefficient (Wildman–Crippen LogP) is 2.16. The molecule has 1 aromatic rings. The second-order valence-corrected chi connectivity index (χ2v) is 5.45. The summed E-state index contributed by atoms with van der Waals surface area (Å²) in [4.78, 5) is 14.4. The lowest BCUT2D eigenvalue weighted by Crippen LogP contribution is -2.47. The van der Waals surface area contributed by atoms with Gasteiger partial charge in [-0.05, 0) is 41.3 Å². The van der Waals surface area contributed by atoms with E-state index in [0.717, 1.165) is 29.6 Å². The van der Waals surface area contributed by atoms with E-state index in [-0.39, 0.29) is 24.4 Å². The lowest BCUT2D eigenvalue weighted by Gasteiger charge is -2.35. The third kappa shape index (κ3) is 3.08. The molecule has 0 saturated carbocycles. The molecule has 0 aromatic carbocycles. The van der Waals surface area contributed by atoms with Crippen LogP contribution in [0.4, 0.5) is 0 Å².